The zero-order chi connectivity index (χ0) is 22.9. The van der Waals surface area contributed by atoms with E-state index >= 15 is 0 Å². The number of carbonyl (C=O) groups is 2. The molecule has 0 unspecified atom stereocenters. The number of amides is 2. The van der Waals surface area contributed by atoms with Crippen molar-refractivity contribution >= 4 is 23.6 Å². The van der Waals surface area contributed by atoms with Crippen LogP contribution < -0.4 is 10.6 Å². The number of benzene rings is 3. The predicted octanol–water partition coefficient (Wildman–Crippen LogP) is 6.06. The van der Waals surface area contributed by atoms with E-state index in [4.69, 9.17) is 0 Å². The molecule has 3 rings (SSSR count). The molecule has 3 aromatic rings. The highest BCUT2D eigenvalue weighted by Crippen LogP contribution is 2.14. The summed E-state index contributed by atoms with van der Waals surface area (Å²) < 4.78 is 0. The van der Waals surface area contributed by atoms with E-state index in [0.29, 0.717) is 11.3 Å². The largest absolute Gasteiger partial charge is 0.321 e. The van der Waals surface area contributed by atoms with Crippen LogP contribution in [0.4, 0.5) is 5.69 Å². The molecule has 0 fully saturated rings. The third kappa shape index (κ3) is 6.67. The van der Waals surface area contributed by atoms with Crippen molar-refractivity contribution < 1.29 is 9.59 Å². The van der Waals surface area contributed by atoms with Crippen LogP contribution >= 0.6 is 0 Å². The van der Waals surface area contributed by atoms with Crippen molar-refractivity contribution in [1.82, 2.24) is 5.32 Å². The molecule has 2 N–H and O–H groups in total. The first-order valence-corrected chi connectivity index (χ1v) is 11.0. The van der Waals surface area contributed by atoms with Crippen LogP contribution in [0.15, 0.2) is 78.5 Å². The first-order valence-electron chi connectivity index (χ1n) is 11.0. The van der Waals surface area contributed by atoms with E-state index in [9.17, 15) is 9.59 Å². The summed E-state index contributed by atoms with van der Waals surface area (Å²) in [5.41, 5.74) is 5.65. The zero-order valence-corrected chi connectivity index (χ0v) is 18.9. The molecule has 164 valence electrons. The average Bonchev–Trinajstić information content (AvgIpc) is 2.80. The number of hydrogen-bond acceptors (Lipinski definition) is 2. The summed E-state index contributed by atoms with van der Waals surface area (Å²) in [5.74, 6) is -0.688. The third-order valence-corrected chi connectivity index (χ3v) is 5.23. The van der Waals surface area contributed by atoms with Gasteiger partial charge in [0.25, 0.3) is 11.8 Å². The van der Waals surface area contributed by atoms with Gasteiger partial charge < -0.3 is 10.6 Å². The van der Waals surface area contributed by atoms with Gasteiger partial charge in [-0.1, -0.05) is 73.0 Å². The first-order chi connectivity index (χ1) is 15.4. The molecule has 0 aromatic heterocycles. The summed E-state index contributed by atoms with van der Waals surface area (Å²) in [5, 5.41) is 5.67. The molecule has 3 aromatic carbocycles. The quantitative estimate of drug-likeness (QED) is 0.430. The number of unbranched alkanes of at least 4 members (excludes halogenated alkanes) is 1. The molecular weight excluding hydrogens is 396 g/mol. The molecule has 0 saturated heterocycles. The standard InChI is InChI=1S/C28H30N2O2/c1-4-5-6-22-13-15-24(16-14-22)27(31)30-26(19-23-11-7-20(2)8-12-23)28(32)29-25-17-9-21(3)10-18-25/h7-19H,4-6H2,1-3H3,(H,29,32)(H,30,31). The SMILES string of the molecule is CCCCc1ccc(C(=O)NC(=Cc2ccc(C)cc2)C(=O)Nc2ccc(C)cc2)cc1. The molecule has 0 aliphatic heterocycles. The minimum Gasteiger partial charge on any atom is -0.321 e. The molecule has 0 saturated carbocycles. The topological polar surface area (TPSA) is 58.2 Å². The van der Waals surface area contributed by atoms with Crippen molar-refractivity contribution in [3.05, 3.63) is 106 Å². The lowest BCUT2D eigenvalue weighted by atomic mass is 10.1. The number of anilines is 1. The highest BCUT2D eigenvalue weighted by atomic mass is 16.2. The van der Waals surface area contributed by atoms with Gasteiger partial charge in [-0.15, -0.1) is 0 Å². The maximum absolute atomic E-state index is 13.0. The molecule has 4 nitrogen and oxygen atoms in total. The van der Waals surface area contributed by atoms with Crippen LogP contribution in [-0.2, 0) is 11.2 Å². The Balaban J connectivity index is 1.81. The maximum Gasteiger partial charge on any atom is 0.272 e. The molecule has 0 atom stereocenters. The van der Waals surface area contributed by atoms with Gasteiger partial charge in [0, 0.05) is 11.3 Å². The van der Waals surface area contributed by atoms with Gasteiger partial charge in [-0.2, -0.15) is 0 Å². The Morgan fingerprint density at radius 1 is 0.812 bits per heavy atom. The molecule has 0 aliphatic rings. The normalized spacial score (nSPS) is 11.2. The van der Waals surface area contributed by atoms with Crippen molar-refractivity contribution in [3.63, 3.8) is 0 Å². The van der Waals surface area contributed by atoms with Gasteiger partial charge in [-0.25, -0.2) is 0 Å². The van der Waals surface area contributed by atoms with Crippen molar-refractivity contribution in [1.29, 1.82) is 0 Å². The Morgan fingerprint density at radius 2 is 1.41 bits per heavy atom. The van der Waals surface area contributed by atoms with Gasteiger partial charge in [-0.05, 0) is 68.2 Å². The Bertz CT molecular complexity index is 1080. The van der Waals surface area contributed by atoms with Gasteiger partial charge in [0.05, 0.1) is 0 Å². The Hall–Kier alpha value is -3.66. The van der Waals surface area contributed by atoms with E-state index < -0.39 is 0 Å². The number of rotatable bonds is 8. The minimum absolute atomic E-state index is 0.189. The third-order valence-electron chi connectivity index (χ3n) is 5.23. The summed E-state index contributed by atoms with van der Waals surface area (Å²) in [4.78, 5) is 25.9. The van der Waals surface area contributed by atoms with Gasteiger partial charge in [-0.3, -0.25) is 9.59 Å². The second-order valence-electron chi connectivity index (χ2n) is 8.04. The van der Waals surface area contributed by atoms with Crippen LogP contribution in [0.2, 0.25) is 0 Å². The number of nitrogens with one attached hydrogen (secondary N) is 2. The Labute approximate surface area is 190 Å². The average molecular weight is 427 g/mol. The molecular formula is C28H30N2O2. The fourth-order valence-electron chi connectivity index (χ4n) is 3.22. The summed E-state index contributed by atoms with van der Waals surface area (Å²) >= 11 is 0. The van der Waals surface area contributed by atoms with Crippen LogP contribution in [0.25, 0.3) is 6.08 Å². The molecule has 0 spiro atoms. The molecule has 0 bridgehead atoms. The van der Waals surface area contributed by atoms with Crippen LogP contribution in [-0.4, -0.2) is 11.8 Å². The summed E-state index contributed by atoms with van der Waals surface area (Å²) in [6.45, 7) is 6.15. The predicted molar refractivity (Wildman–Crippen MR) is 131 cm³/mol. The zero-order valence-electron chi connectivity index (χ0n) is 18.9. The number of hydrogen-bond donors (Lipinski definition) is 2. The van der Waals surface area contributed by atoms with E-state index in [1.807, 2.05) is 86.6 Å². The molecule has 32 heavy (non-hydrogen) atoms. The second kappa shape index (κ2) is 11.1. The van der Waals surface area contributed by atoms with Gasteiger partial charge in [0.15, 0.2) is 0 Å². The highest BCUT2D eigenvalue weighted by Gasteiger charge is 2.15. The molecule has 0 heterocycles. The Kier molecular flexibility index (Phi) is 7.98. The van der Waals surface area contributed by atoms with E-state index in [2.05, 4.69) is 17.6 Å². The van der Waals surface area contributed by atoms with E-state index in [0.717, 1.165) is 36.0 Å². The lowest BCUT2D eigenvalue weighted by Gasteiger charge is -2.12. The highest BCUT2D eigenvalue weighted by molar-refractivity contribution is 6.10. The smallest absolute Gasteiger partial charge is 0.272 e. The molecule has 0 radical (unpaired) electrons. The van der Waals surface area contributed by atoms with E-state index in [1.54, 1.807) is 6.08 Å². The van der Waals surface area contributed by atoms with Crippen molar-refractivity contribution in [2.75, 3.05) is 5.32 Å². The lowest BCUT2D eigenvalue weighted by Crippen LogP contribution is -2.30. The second-order valence-corrected chi connectivity index (χ2v) is 8.04. The van der Waals surface area contributed by atoms with Gasteiger partial charge in [0.2, 0.25) is 0 Å². The van der Waals surface area contributed by atoms with Crippen molar-refractivity contribution in [3.8, 4) is 0 Å². The summed E-state index contributed by atoms with van der Waals surface area (Å²) in [6, 6.07) is 22.9. The lowest BCUT2D eigenvalue weighted by molar-refractivity contribution is -0.113. The van der Waals surface area contributed by atoms with E-state index in [-0.39, 0.29) is 17.5 Å². The molecule has 2 amide bonds. The fraction of sp³-hybridized carbons (Fsp3) is 0.214. The number of aryl methyl sites for hydroxylation is 3. The minimum atomic E-state index is -0.373. The fourth-order valence-corrected chi connectivity index (χ4v) is 3.22. The van der Waals surface area contributed by atoms with Gasteiger partial charge in [0.1, 0.15) is 5.70 Å². The monoisotopic (exact) mass is 426 g/mol. The van der Waals surface area contributed by atoms with Crippen LogP contribution in [0, 0.1) is 13.8 Å². The maximum atomic E-state index is 13.0. The van der Waals surface area contributed by atoms with Gasteiger partial charge >= 0.3 is 0 Å². The summed E-state index contributed by atoms with van der Waals surface area (Å²) in [6.07, 6.45) is 4.94. The van der Waals surface area contributed by atoms with Crippen molar-refractivity contribution in [2.24, 2.45) is 0 Å². The number of carbonyl (C=O) groups excluding carboxylic acids is 2. The van der Waals surface area contributed by atoms with Crippen LogP contribution in [0.1, 0.15) is 52.4 Å². The summed E-state index contributed by atoms with van der Waals surface area (Å²) in [7, 11) is 0. The van der Waals surface area contributed by atoms with Crippen molar-refractivity contribution in [2.45, 2.75) is 40.0 Å². The van der Waals surface area contributed by atoms with E-state index in [1.165, 1.54) is 5.56 Å². The first kappa shape index (κ1) is 23.0. The Morgan fingerprint density at radius 3 is 2.00 bits per heavy atom. The van der Waals surface area contributed by atoms with Crippen LogP contribution in [0.3, 0.4) is 0 Å². The molecule has 4 heteroatoms. The molecule has 0 aliphatic carbocycles. The van der Waals surface area contributed by atoms with Crippen LogP contribution in [0.5, 0.6) is 0 Å².